The number of rotatable bonds is 12. The average Bonchev–Trinajstić information content (AvgIpc) is 2.88. The molecule has 0 spiro atoms. The largest absolute Gasteiger partial charge is 2.00 e. The maximum absolute atomic E-state index is 16.2. The summed E-state index contributed by atoms with van der Waals surface area (Å²) in [6.07, 6.45) is 6.73. The second kappa shape index (κ2) is 15.0. The summed E-state index contributed by atoms with van der Waals surface area (Å²) in [4.78, 5) is 6.61. The number of ether oxygens (including phenoxy) is 1. The third kappa shape index (κ3) is 7.35. The van der Waals surface area contributed by atoms with Crippen LogP contribution in [0.4, 0.5) is 10.1 Å². The van der Waals surface area contributed by atoms with Crippen molar-refractivity contribution < 1.29 is 45.3 Å². The van der Waals surface area contributed by atoms with Crippen molar-refractivity contribution in [3.63, 3.8) is 0 Å². The molecule has 4 rings (SSSR count). The van der Waals surface area contributed by atoms with Crippen molar-refractivity contribution in [2.45, 2.75) is 49.4 Å². The fourth-order valence-electron chi connectivity index (χ4n) is 4.72. The first-order chi connectivity index (χ1) is 17.6. The molecule has 0 saturated heterocycles. The second-order valence-corrected chi connectivity index (χ2v) is 12.6. The number of anilines is 1. The van der Waals surface area contributed by atoms with Gasteiger partial charge in [0.25, 0.3) is 0 Å². The molecule has 0 aliphatic carbocycles. The van der Waals surface area contributed by atoms with Gasteiger partial charge in [0.1, 0.15) is 11.6 Å². The van der Waals surface area contributed by atoms with Crippen LogP contribution in [0, 0.1) is 53.9 Å². The van der Waals surface area contributed by atoms with Crippen molar-refractivity contribution in [2.24, 2.45) is 0 Å². The Balaban J connectivity index is 0.00000380. The van der Waals surface area contributed by atoms with Crippen LogP contribution in [0.25, 0.3) is 16.7 Å². The third-order valence-corrected chi connectivity index (χ3v) is 10.1. The number of pyridine rings is 1. The van der Waals surface area contributed by atoms with Crippen LogP contribution in [0.5, 0.6) is 0 Å². The molecule has 2 aromatic carbocycles. The van der Waals surface area contributed by atoms with Gasteiger partial charge in [0.05, 0.1) is 11.2 Å². The van der Waals surface area contributed by atoms with E-state index in [9.17, 15) is 5.11 Å². The zero-order chi connectivity index (χ0) is 25.5. The van der Waals surface area contributed by atoms with Crippen LogP contribution in [-0.2, 0) is 17.6 Å². The molecule has 1 N–H and O–H groups in total. The predicted molar refractivity (Wildman–Crippen MR) is 156 cm³/mol. The Morgan fingerprint density at radius 1 is 1.16 bits per heavy atom. The Kier molecular flexibility index (Phi) is 12.3. The van der Waals surface area contributed by atoms with Crippen molar-refractivity contribution in [3.05, 3.63) is 81.8 Å². The van der Waals surface area contributed by atoms with E-state index < -0.39 is 20.7 Å². The number of unbranched alkanes of at least 4 members (excludes halogenated alkanes) is 1. The van der Waals surface area contributed by atoms with Gasteiger partial charge in [-0.2, -0.15) is 0 Å². The molecule has 196 valence electrons. The fraction of sp³-hybridized carbons (Fsp3) is 0.400. The van der Waals surface area contributed by atoms with Crippen LogP contribution < -0.4 is 10.1 Å². The van der Waals surface area contributed by atoms with E-state index >= 15 is 4.39 Å². The molecule has 7 heteroatoms. The molecule has 0 bridgehead atoms. The Labute approximate surface area is 253 Å². The van der Waals surface area contributed by atoms with Crippen molar-refractivity contribution in [1.82, 2.24) is 4.98 Å². The van der Waals surface area contributed by atoms with Crippen molar-refractivity contribution >= 4 is 43.1 Å². The van der Waals surface area contributed by atoms with Gasteiger partial charge in [0.2, 0.25) is 0 Å². The number of aliphatic hydroxyl groups is 1. The van der Waals surface area contributed by atoms with Gasteiger partial charge in [-0.3, -0.25) is 4.98 Å². The van der Waals surface area contributed by atoms with E-state index in [-0.39, 0.29) is 36.9 Å². The van der Waals surface area contributed by atoms with Crippen LogP contribution in [0.15, 0.2) is 42.6 Å². The minimum absolute atomic E-state index is 0. The summed E-state index contributed by atoms with van der Waals surface area (Å²) in [7, 11) is 0. The number of alkyl halides is 1. The van der Waals surface area contributed by atoms with Gasteiger partial charge in [-0.05, 0) is 49.3 Å². The summed E-state index contributed by atoms with van der Waals surface area (Å²) in [6.45, 7) is 12.5. The quantitative estimate of drug-likeness (QED) is 0.0981. The number of aryl methyl sites for hydroxylation is 1. The molecular formula is C30H36FIN2O2U. The first kappa shape index (κ1) is 30.5. The van der Waals surface area contributed by atoms with Gasteiger partial charge in [-0.15, -0.1) is 33.8 Å². The first-order valence-electron chi connectivity index (χ1n) is 12.8. The molecular weight excluding hydrogens is 804 g/mol. The second-order valence-electron chi connectivity index (χ2n) is 9.18. The first-order valence-corrected chi connectivity index (χ1v) is 15.2. The Bertz CT molecular complexity index is 1300. The number of benzene rings is 2. The normalized spacial score (nSPS) is 14.9. The van der Waals surface area contributed by atoms with Gasteiger partial charge in [-0.1, -0.05) is 37.3 Å². The number of nitrogens with zero attached hydrogens (tertiary/aromatic N) is 2. The zero-order valence-corrected chi connectivity index (χ0v) is 27.9. The van der Waals surface area contributed by atoms with Gasteiger partial charge >= 0.3 is 31.1 Å². The molecule has 0 fully saturated rings. The molecule has 1 aliphatic heterocycles. The molecule has 1 aliphatic rings. The number of halogens is 2. The predicted octanol–water partition coefficient (Wildman–Crippen LogP) is 6.50. The van der Waals surface area contributed by atoms with Crippen LogP contribution in [0.1, 0.15) is 43.7 Å². The smallest absolute Gasteiger partial charge is 0.512 e. The maximum atomic E-state index is 16.2. The number of hydrogen-bond acceptors (Lipinski definition) is 4. The summed E-state index contributed by atoms with van der Waals surface area (Å²) >= 11 is -0.494. The molecule has 0 amide bonds. The molecule has 4 nitrogen and oxygen atoms in total. The Morgan fingerprint density at radius 3 is 2.62 bits per heavy atom. The van der Waals surface area contributed by atoms with Crippen LogP contribution in [0.3, 0.4) is 0 Å². The van der Waals surface area contributed by atoms with Crippen molar-refractivity contribution in [2.75, 3.05) is 31.2 Å². The van der Waals surface area contributed by atoms with Crippen LogP contribution in [0.2, 0.25) is 0 Å². The third-order valence-electron chi connectivity index (χ3n) is 6.56. The summed E-state index contributed by atoms with van der Waals surface area (Å²) < 4.78 is 23.2. The fourth-order valence-corrected chi connectivity index (χ4v) is 8.59. The van der Waals surface area contributed by atoms with Gasteiger partial charge in [-0.25, -0.2) is 4.39 Å². The van der Waals surface area contributed by atoms with Crippen molar-refractivity contribution in [3.8, 4) is 0 Å². The molecule has 37 heavy (non-hydrogen) atoms. The summed E-state index contributed by atoms with van der Waals surface area (Å²) in [5, 5.41) is 12.6. The van der Waals surface area contributed by atoms with E-state index in [1.807, 2.05) is 17.0 Å². The van der Waals surface area contributed by atoms with E-state index in [0.717, 1.165) is 51.6 Å². The molecule has 1 atom stereocenters. The van der Waals surface area contributed by atoms with E-state index in [0.29, 0.717) is 53.5 Å². The summed E-state index contributed by atoms with van der Waals surface area (Å²) in [5.74, 6) is 0.165. The SMILES string of the molecule is [CH2-]CN(C[CH2-])c1c(F)c(CCCCOCCC)cc2ncc3c(c12)=IC(Cc1ccccc1)CC=3O.[U+2]. The molecule has 0 saturated carbocycles. The average molecular weight is 841 g/mol. The van der Waals surface area contributed by atoms with E-state index in [4.69, 9.17) is 9.72 Å². The number of hydrogen-bond donors (Lipinski definition) is 1. The molecule has 1 unspecified atom stereocenters. The topological polar surface area (TPSA) is 45.6 Å². The maximum Gasteiger partial charge on any atom is 2.00 e. The molecule has 3 aromatic rings. The number of aromatic nitrogens is 1. The van der Waals surface area contributed by atoms with Gasteiger partial charge in [0.15, 0.2) is 0 Å². The van der Waals surface area contributed by atoms with Crippen LogP contribution in [-0.4, -0.2) is 40.3 Å². The van der Waals surface area contributed by atoms with Gasteiger partial charge in [0, 0.05) is 43.5 Å². The van der Waals surface area contributed by atoms with E-state index in [1.54, 1.807) is 6.20 Å². The molecule has 0 radical (unpaired) electrons. The summed E-state index contributed by atoms with van der Waals surface area (Å²) in [5.41, 5.74) is 3.29. The zero-order valence-electron chi connectivity index (χ0n) is 21.6. The van der Waals surface area contributed by atoms with E-state index in [2.05, 4.69) is 45.0 Å². The number of fused-ring (bicyclic) bond motifs is 3. The van der Waals surface area contributed by atoms with Gasteiger partial charge < -0.3 is 28.6 Å². The van der Waals surface area contributed by atoms with Crippen molar-refractivity contribution in [1.29, 1.82) is 0 Å². The Morgan fingerprint density at radius 2 is 1.92 bits per heavy atom. The standard InChI is InChI=1S/C30H36FIN2O2.U/c1-4-15-36-16-11-10-14-22-18-25-27(30(28(22)31)34(5-2)6-3)29-24(20-33-25)26(35)19-23(32-29)17-21-12-8-7-9-13-21;/h7-9,12-13,18,20,23,35H,2-6,10-11,14-17,19H2,1H3;/q-2;+2. The monoisotopic (exact) mass is 840 g/mol. The van der Waals surface area contributed by atoms with Crippen LogP contribution >= 0.6 is 20.7 Å². The summed E-state index contributed by atoms with van der Waals surface area (Å²) in [6, 6.07) is 12.3. The molecule has 2 heterocycles. The minimum atomic E-state index is -0.494. The van der Waals surface area contributed by atoms with E-state index in [1.165, 1.54) is 5.56 Å². The Hall–Kier alpha value is -1.01. The minimum Gasteiger partial charge on any atom is -0.512 e. The number of aliphatic hydroxyl groups excluding tert-OH is 1. The molecule has 1 aromatic heterocycles.